The molecular weight excluding hydrogens is 552 g/mol. The molecule has 0 aromatic carbocycles. The number of imide groups is 1. The molecule has 14 heteroatoms. The van der Waals surface area contributed by atoms with Crippen LogP contribution in [0.3, 0.4) is 0 Å². The van der Waals surface area contributed by atoms with E-state index in [1.807, 2.05) is 13.8 Å². The van der Waals surface area contributed by atoms with Gasteiger partial charge >= 0.3 is 0 Å². The normalized spacial score (nSPS) is 14.9. The second-order valence-electron chi connectivity index (χ2n) is 9.69. The summed E-state index contributed by atoms with van der Waals surface area (Å²) < 4.78 is 21.5. The van der Waals surface area contributed by atoms with Gasteiger partial charge in [0.1, 0.15) is 6.04 Å². The number of Topliss-reactive ketones (excluding diaryl/α,β-unsaturated/α-hetero) is 1. The molecule has 0 bridgehead atoms. The fraction of sp³-hybridized carbons (Fsp3) is 0.714. The zero-order valence-electron chi connectivity index (χ0n) is 25.1. The van der Waals surface area contributed by atoms with E-state index in [4.69, 9.17) is 18.9 Å². The van der Waals surface area contributed by atoms with E-state index in [0.29, 0.717) is 59.2 Å². The molecule has 42 heavy (non-hydrogen) atoms. The van der Waals surface area contributed by atoms with Crippen LogP contribution in [0.4, 0.5) is 0 Å². The summed E-state index contributed by atoms with van der Waals surface area (Å²) in [6.07, 6.45) is 3.18. The molecule has 14 nitrogen and oxygen atoms in total. The van der Waals surface area contributed by atoms with Gasteiger partial charge in [-0.3, -0.25) is 33.7 Å². The van der Waals surface area contributed by atoms with Crippen LogP contribution in [-0.2, 0) is 47.7 Å². The topological polar surface area (TPSA) is 179 Å². The van der Waals surface area contributed by atoms with Gasteiger partial charge in [0.05, 0.1) is 58.9 Å². The highest BCUT2D eigenvalue weighted by Crippen LogP contribution is 2.06. The molecule has 0 fully saturated rings. The van der Waals surface area contributed by atoms with Crippen LogP contribution in [-0.4, -0.2) is 118 Å². The number of ketones is 1. The Kier molecular flexibility index (Phi) is 18.8. The molecule has 1 unspecified atom stereocenters. The Balaban J connectivity index is -0.00000588. The van der Waals surface area contributed by atoms with Crippen molar-refractivity contribution in [2.24, 2.45) is 5.92 Å². The molecule has 0 saturated heterocycles. The lowest BCUT2D eigenvalue weighted by atomic mass is 9.98. The van der Waals surface area contributed by atoms with Crippen LogP contribution in [0.1, 0.15) is 51.2 Å². The van der Waals surface area contributed by atoms with Crippen molar-refractivity contribution in [3.05, 3.63) is 12.2 Å². The number of hydrogen-bond donors (Lipinski definition) is 3. The minimum Gasteiger partial charge on any atom is -0.379 e. The second kappa shape index (κ2) is 21.5. The van der Waals surface area contributed by atoms with Gasteiger partial charge in [-0.25, -0.2) is 0 Å². The predicted octanol–water partition coefficient (Wildman–Crippen LogP) is 0.237. The number of rotatable bonds is 24. The third-order valence-electron chi connectivity index (χ3n) is 6.28. The molecular formula is C28H52N4O10. The van der Waals surface area contributed by atoms with Crippen LogP contribution in [0.25, 0.3) is 0 Å². The highest BCUT2D eigenvalue weighted by Gasteiger charge is 2.24. The fourth-order valence-electron chi connectivity index (χ4n) is 3.56. The van der Waals surface area contributed by atoms with Gasteiger partial charge in [-0.1, -0.05) is 13.8 Å². The van der Waals surface area contributed by atoms with Crippen molar-refractivity contribution >= 4 is 35.3 Å². The Labute approximate surface area is 251 Å². The average Bonchev–Trinajstić information content (AvgIpc) is 3.29. The summed E-state index contributed by atoms with van der Waals surface area (Å²) in [6.45, 7) is 9.82. The van der Waals surface area contributed by atoms with Gasteiger partial charge in [0.25, 0.3) is 11.8 Å². The summed E-state index contributed by atoms with van der Waals surface area (Å²) in [5, 5.41) is 7.88. The Morgan fingerprint density at radius 1 is 0.738 bits per heavy atom. The molecule has 3 atom stereocenters. The van der Waals surface area contributed by atoms with E-state index >= 15 is 0 Å². The molecule has 0 radical (unpaired) electrons. The largest absolute Gasteiger partial charge is 0.379 e. The lowest BCUT2D eigenvalue weighted by Gasteiger charge is -2.20. The minimum absolute atomic E-state index is 0. The van der Waals surface area contributed by atoms with Gasteiger partial charge in [-0.2, -0.15) is 0 Å². The standard InChI is InChI=1S/C28H46N4O10.3H2/c1-5-20(2)27(37)21(3)31-28(38)22(4)30-24(34)9-12-39-14-16-41-18-19-42-17-15-40-13-10-29-23(33)8-11-32-25(35)6-7-26(32)36;;;/h6-7,20-22H,5,8-19H2,1-4H3,(H,29,33)(H,30,34)(H,31,38);3*1H/t20?,21-,22-;;;/m0.../s1. The minimum atomic E-state index is -0.769. The molecule has 0 spiro atoms. The first kappa shape index (κ1) is 36.8. The van der Waals surface area contributed by atoms with Crippen molar-refractivity contribution in [1.29, 1.82) is 0 Å². The number of nitrogens with one attached hydrogen (secondary N) is 3. The molecule has 3 N–H and O–H groups in total. The number of carbonyl (C=O) groups is 6. The maximum Gasteiger partial charge on any atom is 0.253 e. The van der Waals surface area contributed by atoms with Crippen LogP contribution in [0.15, 0.2) is 12.2 Å². The molecule has 0 saturated carbocycles. The van der Waals surface area contributed by atoms with Gasteiger partial charge in [-0.15, -0.1) is 0 Å². The Bertz CT molecular complexity index is 924. The first-order valence-electron chi connectivity index (χ1n) is 14.3. The van der Waals surface area contributed by atoms with Crippen molar-refractivity contribution in [3.63, 3.8) is 0 Å². The maximum absolute atomic E-state index is 12.2. The number of hydrogen-bond acceptors (Lipinski definition) is 10. The van der Waals surface area contributed by atoms with Crippen LogP contribution in [0, 0.1) is 5.92 Å². The number of carbonyl (C=O) groups excluding carboxylic acids is 6. The first-order chi connectivity index (χ1) is 20.1. The number of nitrogens with zero attached hydrogens (tertiary/aromatic N) is 1. The molecule has 1 aliphatic rings. The number of ether oxygens (including phenoxy) is 4. The van der Waals surface area contributed by atoms with Gasteiger partial charge < -0.3 is 34.9 Å². The van der Waals surface area contributed by atoms with Gasteiger partial charge in [0, 0.05) is 48.3 Å². The molecule has 1 heterocycles. The summed E-state index contributed by atoms with van der Waals surface area (Å²) in [4.78, 5) is 72.0. The lowest BCUT2D eigenvalue weighted by Crippen LogP contribution is -2.50. The second-order valence-corrected chi connectivity index (χ2v) is 9.69. The van der Waals surface area contributed by atoms with Crippen molar-refractivity contribution < 1.29 is 52.0 Å². The summed E-state index contributed by atoms with van der Waals surface area (Å²) in [5.41, 5.74) is 0. The smallest absolute Gasteiger partial charge is 0.253 e. The summed E-state index contributed by atoms with van der Waals surface area (Å²) >= 11 is 0. The van der Waals surface area contributed by atoms with E-state index in [1.54, 1.807) is 13.8 Å². The highest BCUT2D eigenvalue weighted by atomic mass is 16.6. The van der Waals surface area contributed by atoms with Crippen molar-refractivity contribution in [1.82, 2.24) is 20.9 Å². The molecule has 1 rings (SSSR count). The Hall–Kier alpha value is -3.20. The predicted molar refractivity (Wildman–Crippen MR) is 157 cm³/mol. The molecule has 0 aliphatic carbocycles. The molecule has 5 amide bonds. The third-order valence-corrected chi connectivity index (χ3v) is 6.28. The van der Waals surface area contributed by atoms with E-state index in [1.165, 1.54) is 12.2 Å². The molecule has 1 aliphatic heterocycles. The van der Waals surface area contributed by atoms with E-state index in [0.717, 1.165) is 4.90 Å². The first-order valence-corrected chi connectivity index (χ1v) is 14.3. The zero-order chi connectivity index (χ0) is 31.3. The van der Waals surface area contributed by atoms with Gasteiger partial charge in [0.15, 0.2) is 5.78 Å². The summed E-state index contributed by atoms with van der Waals surface area (Å²) in [7, 11) is 0. The zero-order valence-corrected chi connectivity index (χ0v) is 25.1. The SMILES string of the molecule is CCC(C)C(=O)[C@H](C)NC(=O)[C@H](C)NC(=O)CCOCCOCCOCCOCCNC(=O)CCN1C(=O)C=CC1=O.[HH].[HH].[HH]. The molecule has 0 aromatic heterocycles. The van der Waals surface area contributed by atoms with Crippen LogP contribution >= 0.6 is 0 Å². The highest BCUT2D eigenvalue weighted by molar-refractivity contribution is 6.13. The molecule has 244 valence electrons. The quantitative estimate of drug-likeness (QED) is 0.102. The van der Waals surface area contributed by atoms with E-state index < -0.39 is 29.8 Å². The Morgan fingerprint density at radius 3 is 1.81 bits per heavy atom. The maximum atomic E-state index is 12.2. The van der Waals surface area contributed by atoms with Crippen LogP contribution in [0.2, 0.25) is 0 Å². The lowest BCUT2D eigenvalue weighted by molar-refractivity contribution is -0.137. The van der Waals surface area contributed by atoms with Crippen LogP contribution in [0.5, 0.6) is 0 Å². The molecule has 0 aromatic rings. The number of amides is 5. The fourth-order valence-corrected chi connectivity index (χ4v) is 3.56. The summed E-state index contributed by atoms with van der Waals surface area (Å²) in [6, 6.07) is -1.38. The monoisotopic (exact) mass is 604 g/mol. The van der Waals surface area contributed by atoms with Crippen molar-refractivity contribution in [2.75, 3.05) is 65.9 Å². The van der Waals surface area contributed by atoms with Crippen LogP contribution < -0.4 is 16.0 Å². The van der Waals surface area contributed by atoms with Crippen molar-refractivity contribution in [2.45, 2.75) is 59.0 Å². The van der Waals surface area contributed by atoms with Crippen molar-refractivity contribution in [3.8, 4) is 0 Å². The summed E-state index contributed by atoms with van der Waals surface area (Å²) in [5.74, 6) is -2.02. The third kappa shape index (κ3) is 15.7. The van der Waals surface area contributed by atoms with Gasteiger partial charge in [0.2, 0.25) is 17.7 Å². The Morgan fingerprint density at radius 2 is 1.26 bits per heavy atom. The van der Waals surface area contributed by atoms with E-state index in [9.17, 15) is 28.8 Å². The van der Waals surface area contributed by atoms with E-state index in [-0.39, 0.29) is 53.8 Å². The van der Waals surface area contributed by atoms with Gasteiger partial charge in [-0.05, 0) is 20.3 Å². The average molecular weight is 605 g/mol. The van der Waals surface area contributed by atoms with E-state index in [2.05, 4.69) is 16.0 Å².